The average molecular weight is 425 g/mol. The van der Waals surface area contributed by atoms with Crippen molar-refractivity contribution < 1.29 is 18.3 Å². The molecule has 0 spiro atoms. The van der Waals surface area contributed by atoms with Gasteiger partial charge in [0.15, 0.2) is 11.6 Å². The van der Waals surface area contributed by atoms with Crippen molar-refractivity contribution in [1.82, 2.24) is 9.97 Å². The minimum atomic E-state index is -3.83. The number of para-hydroxylation sites is 2. The van der Waals surface area contributed by atoms with E-state index in [0.29, 0.717) is 16.7 Å². The van der Waals surface area contributed by atoms with Gasteiger partial charge in [0.1, 0.15) is 4.21 Å². The number of aromatic nitrogens is 2. The first kappa shape index (κ1) is 18.8. The highest BCUT2D eigenvalue weighted by Gasteiger charge is 2.19. The van der Waals surface area contributed by atoms with Crippen molar-refractivity contribution in [3.8, 4) is 0 Å². The molecule has 0 unspecified atom stereocenters. The second-order valence-electron chi connectivity index (χ2n) is 5.94. The van der Waals surface area contributed by atoms with Crippen molar-refractivity contribution in [1.29, 1.82) is 0 Å². The number of nitrogens with zero attached hydrogens (tertiary/aromatic N) is 2. The molecule has 0 bridgehead atoms. The summed E-state index contributed by atoms with van der Waals surface area (Å²) in [5.74, 6) is -1.07. The number of aromatic carboxylic acids is 1. The van der Waals surface area contributed by atoms with Crippen molar-refractivity contribution in [3.63, 3.8) is 0 Å². The van der Waals surface area contributed by atoms with Crippen LogP contribution in [0.4, 0.5) is 17.3 Å². The zero-order chi connectivity index (χ0) is 20.4. The quantitative estimate of drug-likeness (QED) is 0.486. The van der Waals surface area contributed by atoms with Crippen LogP contribution in [-0.4, -0.2) is 24.4 Å². The fourth-order valence-electron chi connectivity index (χ4n) is 2.58. The van der Waals surface area contributed by atoms with Crippen LogP contribution in [0, 0.1) is 0 Å². The fourth-order valence-corrected chi connectivity index (χ4v) is 4.58. The van der Waals surface area contributed by atoms with Gasteiger partial charge in [0.25, 0.3) is 10.0 Å². The molecule has 2 N–H and O–H groups in total. The first-order chi connectivity index (χ1) is 13.9. The topological polar surface area (TPSA) is 124 Å². The molecule has 8 nitrogen and oxygen atoms in total. The number of nitrogens with one attached hydrogen (secondary N) is 2. The van der Waals surface area contributed by atoms with E-state index in [1.54, 1.807) is 35.7 Å². The van der Waals surface area contributed by atoms with Gasteiger partial charge < -0.3 is 15.2 Å². The Balaban J connectivity index is 1.75. The van der Waals surface area contributed by atoms with Gasteiger partial charge in [-0.3, -0.25) is 4.72 Å². The molecule has 4 rings (SSSR count). The largest absolute Gasteiger partial charge is 0.545 e. The Kier molecular flexibility index (Phi) is 4.87. The Morgan fingerprint density at radius 1 is 0.897 bits per heavy atom. The number of sulfonamides is 1. The van der Waals surface area contributed by atoms with Crippen LogP contribution >= 0.6 is 11.3 Å². The molecule has 2 heterocycles. The number of thiophene rings is 1. The molecule has 2 aromatic carbocycles. The van der Waals surface area contributed by atoms with Crippen LogP contribution in [0.15, 0.2) is 70.3 Å². The summed E-state index contributed by atoms with van der Waals surface area (Å²) in [7, 11) is -3.83. The van der Waals surface area contributed by atoms with Crippen molar-refractivity contribution in [2.75, 3.05) is 10.0 Å². The zero-order valence-electron chi connectivity index (χ0n) is 14.7. The van der Waals surface area contributed by atoms with E-state index in [1.807, 2.05) is 0 Å². The third-order valence-corrected chi connectivity index (χ3v) is 6.68. The van der Waals surface area contributed by atoms with E-state index < -0.39 is 16.0 Å². The van der Waals surface area contributed by atoms with Gasteiger partial charge in [0.05, 0.1) is 17.0 Å². The second-order valence-corrected chi connectivity index (χ2v) is 8.79. The van der Waals surface area contributed by atoms with E-state index in [1.165, 1.54) is 30.3 Å². The van der Waals surface area contributed by atoms with Crippen molar-refractivity contribution in [2.45, 2.75) is 4.21 Å². The van der Waals surface area contributed by atoms with Crippen molar-refractivity contribution in [2.24, 2.45) is 0 Å². The predicted octanol–water partition coefficient (Wildman–Crippen LogP) is 2.60. The lowest BCUT2D eigenvalue weighted by Crippen LogP contribution is -2.21. The molecule has 0 saturated heterocycles. The van der Waals surface area contributed by atoms with E-state index in [-0.39, 0.29) is 21.4 Å². The summed E-state index contributed by atoms with van der Waals surface area (Å²) in [5.41, 5.74) is 1.63. The lowest BCUT2D eigenvalue weighted by molar-refractivity contribution is -0.255. The van der Waals surface area contributed by atoms with Gasteiger partial charge in [-0.15, -0.1) is 11.3 Å². The molecule has 0 aliphatic carbocycles. The first-order valence-electron chi connectivity index (χ1n) is 8.34. The monoisotopic (exact) mass is 425 g/mol. The number of carbonyl (C=O) groups excluding carboxylic acids is 1. The van der Waals surface area contributed by atoms with Gasteiger partial charge in [-0.2, -0.15) is 0 Å². The maximum Gasteiger partial charge on any atom is 0.272 e. The molecule has 0 atom stereocenters. The van der Waals surface area contributed by atoms with Crippen molar-refractivity contribution >= 4 is 55.7 Å². The number of rotatable bonds is 6. The Bertz CT molecular complexity index is 1290. The Morgan fingerprint density at radius 3 is 2.14 bits per heavy atom. The third kappa shape index (κ3) is 4.03. The number of carbonyl (C=O) groups is 1. The Labute approximate surface area is 169 Å². The van der Waals surface area contributed by atoms with Crippen LogP contribution in [0.3, 0.4) is 0 Å². The molecule has 10 heteroatoms. The van der Waals surface area contributed by atoms with Crippen LogP contribution in [-0.2, 0) is 10.0 Å². The first-order valence-corrected chi connectivity index (χ1v) is 10.7. The molecular weight excluding hydrogens is 412 g/mol. The number of carboxylic acid groups (broad SMARTS) is 1. The minimum absolute atomic E-state index is 0.0266. The molecule has 29 heavy (non-hydrogen) atoms. The summed E-state index contributed by atoms with van der Waals surface area (Å²) >= 11 is 1.09. The second kappa shape index (κ2) is 7.49. The van der Waals surface area contributed by atoms with Gasteiger partial charge in [-0.05, 0) is 41.3 Å². The lowest BCUT2D eigenvalue weighted by atomic mass is 10.2. The standard InChI is InChI=1S/C19H14N4O4S2/c24-19(25)12-7-9-13(10-8-12)20-17-18(22-15-5-2-1-4-14(15)21-17)23-29(26,27)16-6-3-11-28-16/h1-11H,(H,20,21)(H,22,23)(H,24,25)/p-1. The zero-order valence-corrected chi connectivity index (χ0v) is 16.3. The number of hydrogen-bond acceptors (Lipinski definition) is 8. The number of fused-ring (bicyclic) bond motifs is 1. The molecule has 0 fully saturated rings. The van der Waals surface area contributed by atoms with Gasteiger partial charge >= 0.3 is 0 Å². The Hall–Kier alpha value is -3.50. The van der Waals surface area contributed by atoms with Gasteiger partial charge in [-0.25, -0.2) is 18.4 Å². The minimum Gasteiger partial charge on any atom is -0.545 e. The smallest absolute Gasteiger partial charge is 0.272 e. The van der Waals surface area contributed by atoms with Crippen LogP contribution in [0.25, 0.3) is 11.0 Å². The highest BCUT2D eigenvalue weighted by molar-refractivity contribution is 7.94. The molecule has 2 aromatic heterocycles. The number of benzene rings is 2. The number of hydrogen-bond donors (Lipinski definition) is 2. The molecule has 0 aliphatic heterocycles. The van der Waals surface area contributed by atoms with E-state index in [4.69, 9.17) is 0 Å². The maximum atomic E-state index is 12.7. The fraction of sp³-hybridized carbons (Fsp3) is 0. The Morgan fingerprint density at radius 2 is 1.55 bits per heavy atom. The van der Waals surface area contributed by atoms with Crippen LogP contribution < -0.4 is 15.1 Å². The van der Waals surface area contributed by atoms with Crippen LogP contribution in [0.5, 0.6) is 0 Å². The summed E-state index contributed by atoms with van der Waals surface area (Å²) < 4.78 is 27.9. The van der Waals surface area contributed by atoms with E-state index >= 15 is 0 Å². The molecule has 0 saturated carbocycles. The van der Waals surface area contributed by atoms with Gasteiger partial charge in [0.2, 0.25) is 0 Å². The highest BCUT2D eigenvalue weighted by Crippen LogP contribution is 2.28. The molecular formula is C19H13N4O4S2-. The third-order valence-electron chi connectivity index (χ3n) is 3.94. The summed E-state index contributed by atoms with van der Waals surface area (Å²) in [4.78, 5) is 19.8. The summed E-state index contributed by atoms with van der Waals surface area (Å²) in [6.07, 6.45) is 0. The molecule has 146 valence electrons. The number of carboxylic acids is 1. The molecule has 4 aromatic rings. The van der Waals surface area contributed by atoms with E-state index in [9.17, 15) is 18.3 Å². The van der Waals surface area contributed by atoms with Gasteiger partial charge in [-0.1, -0.05) is 30.3 Å². The molecule has 0 aliphatic rings. The maximum absolute atomic E-state index is 12.7. The van der Waals surface area contributed by atoms with Crippen LogP contribution in [0.2, 0.25) is 0 Å². The average Bonchev–Trinajstić information content (AvgIpc) is 3.24. The van der Waals surface area contributed by atoms with E-state index in [0.717, 1.165) is 11.3 Å². The van der Waals surface area contributed by atoms with Crippen molar-refractivity contribution in [3.05, 3.63) is 71.6 Å². The van der Waals surface area contributed by atoms with Gasteiger partial charge in [0, 0.05) is 5.69 Å². The SMILES string of the molecule is O=C([O-])c1ccc(Nc2nc3ccccc3nc2NS(=O)(=O)c2cccs2)cc1. The van der Waals surface area contributed by atoms with E-state index in [2.05, 4.69) is 20.0 Å². The lowest BCUT2D eigenvalue weighted by Gasteiger charge is -2.13. The molecule has 0 amide bonds. The van der Waals surface area contributed by atoms with Crippen LogP contribution in [0.1, 0.15) is 10.4 Å². The molecule has 0 radical (unpaired) electrons. The normalized spacial score (nSPS) is 11.3. The number of anilines is 3. The highest BCUT2D eigenvalue weighted by atomic mass is 32.2. The summed E-state index contributed by atoms with van der Waals surface area (Å²) in [6.45, 7) is 0. The summed E-state index contributed by atoms with van der Waals surface area (Å²) in [5, 5.41) is 15.6. The predicted molar refractivity (Wildman–Crippen MR) is 109 cm³/mol. The summed E-state index contributed by atoms with van der Waals surface area (Å²) in [6, 6.07) is 16.0.